The number of nitrogens with zero attached hydrogens (tertiary/aromatic N) is 4. The van der Waals surface area contributed by atoms with Gasteiger partial charge in [0, 0.05) is 68.3 Å². The summed E-state index contributed by atoms with van der Waals surface area (Å²) in [5.41, 5.74) is -0.763. The highest BCUT2D eigenvalue weighted by molar-refractivity contribution is 7.88. The minimum atomic E-state index is -4.61. The molecule has 1 amide bonds. The summed E-state index contributed by atoms with van der Waals surface area (Å²) in [6.07, 6.45) is -0.0794. The van der Waals surface area contributed by atoms with E-state index < -0.39 is 68.6 Å². The Kier molecular flexibility index (Phi) is 10.6. The summed E-state index contributed by atoms with van der Waals surface area (Å²) in [6.45, 7) is 4.32. The molecule has 11 nitrogen and oxygen atoms in total. The van der Waals surface area contributed by atoms with Crippen LogP contribution in [0.2, 0.25) is 0 Å². The maximum Gasteiger partial charge on any atom is 0.416 e. The van der Waals surface area contributed by atoms with Gasteiger partial charge in [0.15, 0.2) is 0 Å². The van der Waals surface area contributed by atoms with Gasteiger partial charge in [-0.3, -0.25) is 19.8 Å². The normalized spacial score (nSPS) is 19.6. The van der Waals surface area contributed by atoms with Crippen LogP contribution < -0.4 is 14.9 Å². The third-order valence-corrected chi connectivity index (χ3v) is 10.2. The molecule has 0 unspecified atom stereocenters. The molecule has 3 heterocycles. The van der Waals surface area contributed by atoms with E-state index in [0.717, 1.165) is 30.5 Å². The Morgan fingerprint density at radius 2 is 1.74 bits per heavy atom. The van der Waals surface area contributed by atoms with Crippen molar-refractivity contribution in [2.75, 3.05) is 49.2 Å². The number of halogens is 5. The molecular formula is C33H39F5N6O5S. The summed E-state index contributed by atoms with van der Waals surface area (Å²) < 4.78 is 97.8. The van der Waals surface area contributed by atoms with E-state index in [9.17, 15) is 40.7 Å². The number of amides is 1. The summed E-state index contributed by atoms with van der Waals surface area (Å²) >= 11 is 0. The van der Waals surface area contributed by atoms with Gasteiger partial charge in [-0.2, -0.15) is 13.2 Å². The fraction of sp³-hybridized carbons (Fsp3) is 0.485. The van der Waals surface area contributed by atoms with Crippen molar-refractivity contribution in [3.63, 3.8) is 0 Å². The molecule has 50 heavy (non-hydrogen) atoms. The van der Waals surface area contributed by atoms with E-state index in [1.807, 2.05) is 4.90 Å². The largest absolute Gasteiger partial charge is 0.481 e. The molecule has 2 aromatic carbocycles. The number of imidazole rings is 1. The summed E-state index contributed by atoms with van der Waals surface area (Å²) in [7, 11) is -3.54. The van der Waals surface area contributed by atoms with Gasteiger partial charge in [-0.15, -0.1) is 0 Å². The second-order valence-electron chi connectivity index (χ2n) is 13.5. The number of hydrogen-bond donors (Lipinski definition) is 3. The van der Waals surface area contributed by atoms with E-state index in [-0.39, 0.29) is 69.3 Å². The number of carboxylic acid groups (broad SMARTS) is 1. The van der Waals surface area contributed by atoms with Crippen LogP contribution in [0.5, 0.6) is 0 Å². The number of piperidine rings is 1. The summed E-state index contributed by atoms with van der Waals surface area (Å²) in [5, 5.41) is 12.2. The van der Waals surface area contributed by atoms with Crippen LogP contribution in [0.3, 0.4) is 0 Å². The molecular weight excluding hydrogens is 687 g/mol. The average molecular weight is 727 g/mol. The molecule has 2 aliphatic rings. The number of likely N-dealkylation sites (tertiary alicyclic amines) is 1. The van der Waals surface area contributed by atoms with Gasteiger partial charge in [-0.25, -0.2) is 26.9 Å². The van der Waals surface area contributed by atoms with Crippen molar-refractivity contribution < 1.29 is 45.1 Å². The van der Waals surface area contributed by atoms with Gasteiger partial charge in [-0.1, -0.05) is 12.1 Å². The first-order valence-corrected chi connectivity index (χ1v) is 17.9. The molecule has 3 aromatic rings. The lowest BCUT2D eigenvalue weighted by Crippen LogP contribution is -2.51. The van der Waals surface area contributed by atoms with Crippen LogP contribution in [0.15, 0.2) is 48.8 Å². The Hall–Kier alpha value is -4.09. The number of benzene rings is 2. The number of alkyl halides is 3. The number of aliphatic carboxylic acids is 1. The molecule has 2 fully saturated rings. The molecule has 2 atom stereocenters. The second kappa shape index (κ2) is 14.3. The van der Waals surface area contributed by atoms with Gasteiger partial charge in [-0.05, 0) is 56.0 Å². The van der Waals surface area contributed by atoms with E-state index >= 15 is 4.39 Å². The summed E-state index contributed by atoms with van der Waals surface area (Å²) in [5.74, 6) is -5.22. The van der Waals surface area contributed by atoms with Crippen molar-refractivity contribution in [1.82, 2.24) is 19.2 Å². The second-order valence-corrected chi connectivity index (χ2v) is 15.3. The maximum absolute atomic E-state index is 15.1. The lowest BCUT2D eigenvalue weighted by Gasteiger charge is -2.35. The van der Waals surface area contributed by atoms with Crippen LogP contribution in [0.4, 0.5) is 33.6 Å². The highest BCUT2D eigenvalue weighted by atomic mass is 32.2. The molecule has 0 radical (unpaired) electrons. The molecule has 2 saturated heterocycles. The first-order chi connectivity index (χ1) is 23.3. The zero-order valence-electron chi connectivity index (χ0n) is 27.7. The maximum atomic E-state index is 15.1. The molecule has 2 aliphatic heterocycles. The number of anilines is 2. The van der Waals surface area contributed by atoms with Crippen molar-refractivity contribution >= 4 is 33.5 Å². The Bertz CT molecular complexity index is 1840. The zero-order valence-corrected chi connectivity index (χ0v) is 28.5. The minimum absolute atomic E-state index is 0.00659. The predicted molar refractivity (Wildman–Crippen MR) is 175 cm³/mol. The number of aromatic nitrogens is 2. The Balaban J connectivity index is 1.40. The molecule has 0 saturated carbocycles. The van der Waals surface area contributed by atoms with Crippen LogP contribution in [-0.2, 0) is 32.3 Å². The van der Waals surface area contributed by atoms with Gasteiger partial charge >= 0.3 is 12.1 Å². The number of nitrogens with one attached hydrogen (secondary N) is 2. The highest BCUT2D eigenvalue weighted by Gasteiger charge is 2.45. The summed E-state index contributed by atoms with van der Waals surface area (Å²) in [6, 6.07) is 6.48. The Morgan fingerprint density at radius 1 is 1.04 bits per heavy atom. The quantitative estimate of drug-likeness (QED) is 0.246. The third kappa shape index (κ3) is 8.61. The fourth-order valence-electron chi connectivity index (χ4n) is 6.58. The van der Waals surface area contributed by atoms with Crippen LogP contribution >= 0.6 is 0 Å². The molecule has 3 N–H and O–H groups in total. The van der Waals surface area contributed by atoms with E-state index in [4.69, 9.17) is 0 Å². The average Bonchev–Trinajstić information content (AvgIpc) is 3.67. The molecule has 1 aromatic heterocycles. The number of hydrogen-bond acceptors (Lipinski definition) is 7. The van der Waals surface area contributed by atoms with Gasteiger partial charge in [0.2, 0.25) is 21.9 Å². The van der Waals surface area contributed by atoms with Crippen molar-refractivity contribution in [3.05, 3.63) is 77.1 Å². The predicted octanol–water partition coefficient (Wildman–Crippen LogP) is 4.51. The number of carboxylic acids is 1. The van der Waals surface area contributed by atoms with Crippen LogP contribution in [0.25, 0.3) is 0 Å². The molecule has 272 valence electrons. The van der Waals surface area contributed by atoms with Crippen molar-refractivity contribution in [3.8, 4) is 0 Å². The number of sulfonamides is 1. The van der Waals surface area contributed by atoms with Gasteiger partial charge in [0.1, 0.15) is 11.6 Å². The zero-order chi connectivity index (χ0) is 36.6. The molecule has 5 rings (SSSR count). The van der Waals surface area contributed by atoms with Crippen LogP contribution in [0, 0.1) is 23.5 Å². The lowest BCUT2D eigenvalue weighted by atomic mass is 9.88. The van der Waals surface area contributed by atoms with E-state index in [0.29, 0.717) is 5.56 Å². The fourth-order valence-corrected chi connectivity index (χ4v) is 7.20. The first-order valence-electron chi connectivity index (χ1n) is 16.0. The Labute approximate surface area is 286 Å². The molecule has 0 aliphatic carbocycles. The van der Waals surface area contributed by atoms with Gasteiger partial charge < -0.3 is 14.6 Å². The highest BCUT2D eigenvalue weighted by Crippen LogP contribution is 2.39. The smallest absolute Gasteiger partial charge is 0.416 e. The minimum Gasteiger partial charge on any atom is -0.481 e. The van der Waals surface area contributed by atoms with Crippen molar-refractivity contribution in [2.45, 2.75) is 50.9 Å². The van der Waals surface area contributed by atoms with E-state index in [1.165, 1.54) is 18.3 Å². The number of carbonyl (C=O) groups is 2. The van der Waals surface area contributed by atoms with Crippen LogP contribution in [0.1, 0.15) is 49.3 Å². The van der Waals surface area contributed by atoms with E-state index in [1.54, 1.807) is 29.5 Å². The SMILES string of the molecule is CC(C)(CNS(C)(=O)=O)N1C[C@@H](C(=O)Nc2nccn2Cc2ccc(C(F)(F)F)cc2N2CCC(C(=O)O)CC2)[C@H](c2ccc(F)cc2F)C1. The van der Waals surface area contributed by atoms with Crippen LogP contribution in [-0.4, -0.2) is 84.4 Å². The number of rotatable bonds is 11. The standard InChI is InChI=1S/C33H39F5N6O5S/c1-32(2,19-40-50(3,48)49)44-17-25(24-7-6-23(34)15-27(24)35)26(18-44)29(45)41-31-39-10-13-43(31)16-21-4-5-22(33(36,37)38)14-28(21)42-11-8-20(9-12-42)30(46)47/h4-7,10,13-15,20,25-26,40H,8-9,11-12,16-19H2,1-3H3,(H,46,47)(H,39,41,45)/t25-,26+/m0/s1. The Morgan fingerprint density at radius 3 is 2.36 bits per heavy atom. The molecule has 17 heteroatoms. The van der Waals surface area contributed by atoms with Gasteiger partial charge in [0.05, 0.1) is 30.2 Å². The lowest BCUT2D eigenvalue weighted by molar-refractivity contribution is -0.142. The van der Waals surface area contributed by atoms with Gasteiger partial charge in [0.25, 0.3) is 0 Å². The molecule has 0 bridgehead atoms. The topological polar surface area (TPSA) is 137 Å². The van der Waals surface area contributed by atoms with Crippen molar-refractivity contribution in [1.29, 1.82) is 0 Å². The van der Waals surface area contributed by atoms with Crippen molar-refractivity contribution in [2.24, 2.45) is 11.8 Å². The molecule has 0 spiro atoms. The third-order valence-electron chi connectivity index (χ3n) is 9.53. The summed E-state index contributed by atoms with van der Waals surface area (Å²) in [4.78, 5) is 33.3. The first kappa shape index (κ1) is 37.2. The monoisotopic (exact) mass is 726 g/mol. The van der Waals surface area contributed by atoms with E-state index in [2.05, 4.69) is 15.0 Å². The number of carbonyl (C=O) groups excluding carboxylic acids is 1.